The second-order valence-electron chi connectivity index (χ2n) is 9.53. The van der Waals surface area contributed by atoms with Crippen LogP contribution in [0.2, 0.25) is 0 Å². The average Bonchev–Trinajstić information content (AvgIpc) is 3.08. The van der Waals surface area contributed by atoms with Crippen LogP contribution in [0.1, 0.15) is 70.6 Å². The van der Waals surface area contributed by atoms with E-state index in [0.717, 1.165) is 25.4 Å². The zero-order valence-electron chi connectivity index (χ0n) is 17.5. The van der Waals surface area contributed by atoms with E-state index < -0.39 is 0 Å². The quantitative estimate of drug-likeness (QED) is 0.714. The molecule has 2 heterocycles. The number of carbonyl (C=O) groups excluding carboxylic acids is 2. The lowest BCUT2D eigenvalue weighted by atomic mass is 9.79. The number of hydrogen-bond donors (Lipinski definition) is 0. The first-order valence-corrected chi connectivity index (χ1v) is 11.2. The van der Waals surface area contributed by atoms with Crippen LogP contribution in [0.4, 0.5) is 0 Å². The van der Waals surface area contributed by atoms with Crippen molar-refractivity contribution >= 4 is 11.8 Å². The van der Waals surface area contributed by atoms with Crippen molar-refractivity contribution in [3.63, 3.8) is 0 Å². The van der Waals surface area contributed by atoms with E-state index in [4.69, 9.17) is 0 Å². The Balaban J connectivity index is 1.44. The fraction of sp³-hybridized carbons (Fsp3) is 0.909. The molecule has 2 aliphatic heterocycles. The first kappa shape index (κ1) is 20.6. The third-order valence-corrected chi connectivity index (χ3v) is 7.16. The molecule has 0 aromatic carbocycles. The maximum absolute atomic E-state index is 12.6. The molecule has 0 unspecified atom stereocenters. The van der Waals surface area contributed by atoms with Gasteiger partial charge in [-0.3, -0.25) is 9.59 Å². The first-order chi connectivity index (χ1) is 13.0. The van der Waals surface area contributed by atoms with Crippen molar-refractivity contribution in [1.29, 1.82) is 0 Å². The van der Waals surface area contributed by atoms with Crippen molar-refractivity contribution in [2.75, 3.05) is 46.8 Å². The van der Waals surface area contributed by atoms with E-state index >= 15 is 0 Å². The van der Waals surface area contributed by atoms with Crippen molar-refractivity contribution in [3.8, 4) is 0 Å². The second-order valence-corrected chi connectivity index (χ2v) is 9.53. The number of rotatable bonds is 6. The van der Waals surface area contributed by atoms with Crippen LogP contribution in [-0.4, -0.2) is 73.3 Å². The van der Waals surface area contributed by atoms with Gasteiger partial charge in [-0.15, -0.1) is 0 Å². The van der Waals surface area contributed by atoms with E-state index in [9.17, 15) is 9.59 Å². The molecule has 0 N–H and O–H groups in total. The summed E-state index contributed by atoms with van der Waals surface area (Å²) in [7, 11) is 3.50. The van der Waals surface area contributed by atoms with Crippen molar-refractivity contribution in [2.45, 2.75) is 70.6 Å². The Morgan fingerprint density at radius 1 is 0.963 bits per heavy atom. The predicted molar refractivity (Wildman–Crippen MR) is 108 cm³/mol. The molecule has 0 aromatic heterocycles. The Morgan fingerprint density at radius 2 is 1.74 bits per heavy atom. The summed E-state index contributed by atoms with van der Waals surface area (Å²) in [6, 6.07) is 0. The summed E-state index contributed by atoms with van der Waals surface area (Å²) in [6.45, 7) is 5.44. The van der Waals surface area contributed by atoms with Crippen LogP contribution < -0.4 is 0 Å². The highest BCUT2D eigenvalue weighted by Gasteiger charge is 2.42. The molecular weight excluding hydrogens is 338 g/mol. The summed E-state index contributed by atoms with van der Waals surface area (Å²) >= 11 is 0. The SMILES string of the molecule is CN(C)C(=O)CCC(=O)N1CC[C@]2(CCCN(CCC3CCCCC3)C2)C1. The van der Waals surface area contributed by atoms with Crippen LogP contribution in [0.15, 0.2) is 0 Å². The number of nitrogens with zero attached hydrogens (tertiary/aromatic N) is 3. The number of amides is 2. The predicted octanol–water partition coefficient (Wildman–Crippen LogP) is 3.14. The van der Waals surface area contributed by atoms with E-state index in [-0.39, 0.29) is 11.8 Å². The first-order valence-electron chi connectivity index (χ1n) is 11.2. The van der Waals surface area contributed by atoms with E-state index in [1.165, 1.54) is 71.0 Å². The minimum absolute atomic E-state index is 0.0452. The molecule has 0 radical (unpaired) electrons. The summed E-state index contributed by atoms with van der Waals surface area (Å²) in [5.41, 5.74) is 0.312. The Bertz CT molecular complexity index is 516. The van der Waals surface area contributed by atoms with Gasteiger partial charge in [-0.05, 0) is 44.7 Å². The molecule has 1 spiro atoms. The monoisotopic (exact) mass is 377 g/mol. The van der Waals surface area contributed by atoms with Crippen LogP contribution >= 0.6 is 0 Å². The van der Waals surface area contributed by atoms with Crippen LogP contribution in [0.25, 0.3) is 0 Å². The van der Waals surface area contributed by atoms with Crippen molar-refractivity contribution in [1.82, 2.24) is 14.7 Å². The smallest absolute Gasteiger partial charge is 0.223 e. The van der Waals surface area contributed by atoms with Gasteiger partial charge in [0.05, 0.1) is 0 Å². The number of hydrogen-bond acceptors (Lipinski definition) is 3. The van der Waals surface area contributed by atoms with Gasteiger partial charge in [-0.25, -0.2) is 0 Å². The third kappa shape index (κ3) is 5.69. The number of carbonyl (C=O) groups is 2. The Morgan fingerprint density at radius 3 is 2.48 bits per heavy atom. The maximum Gasteiger partial charge on any atom is 0.223 e. The third-order valence-electron chi connectivity index (χ3n) is 7.16. The Labute approximate surface area is 165 Å². The molecule has 1 atom stereocenters. The summed E-state index contributed by atoms with van der Waals surface area (Å²) in [5.74, 6) is 1.16. The number of piperidine rings is 1. The van der Waals surface area contributed by atoms with Crippen LogP contribution in [0, 0.1) is 11.3 Å². The van der Waals surface area contributed by atoms with Gasteiger partial charge in [0.25, 0.3) is 0 Å². The molecule has 0 bridgehead atoms. The number of likely N-dealkylation sites (tertiary alicyclic amines) is 2. The molecular formula is C22H39N3O2. The lowest BCUT2D eigenvalue weighted by molar-refractivity contribution is -0.135. The highest BCUT2D eigenvalue weighted by Crippen LogP contribution is 2.39. The zero-order valence-corrected chi connectivity index (χ0v) is 17.5. The molecule has 2 amide bonds. The zero-order chi connectivity index (χ0) is 19.3. The summed E-state index contributed by atoms with van der Waals surface area (Å²) in [5, 5.41) is 0. The van der Waals surface area contributed by atoms with Crippen LogP contribution in [0.3, 0.4) is 0 Å². The van der Waals surface area contributed by atoms with E-state index in [1.54, 1.807) is 19.0 Å². The largest absolute Gasteiger partial charge is 0.349 e. The van der Waals surface area contributed by atoms with Crippen molar-refractivity contribution < 1.29 is 9.59 Å². The molecule has 27 heavy (non-hydrogen) atoms. The maximum atomic E-state index is 12.6. The molecule has 154 valence electrons. The normalized spacial score (nSPS) is 27.3. The summed E-state index contributed by atoms with van der Waals surface area (Å²) in [4.78, 5) is 30.6. The molecule has 3 rings (SSSR count). The van der Waals surface area contributed by atoms with Crippen molar-refractivity contribution in [2.24, 2.45) is 11.3 Å². The standard InChI is InChI=1S/C22H39N3O2/c1-23(2)20(26)9-10-21(27)25-16-13-22(18-25)12-6-14-24(17-22)15-11-19-7-4-3-5-8-19/h19H,3-18H2,1-2H3/t22-/m0/s1. The lowest BCUT2D eigenvalue weighted by Gasteiger charge is -2.41. The lowest BCUT2D eigenvalue weighted by Crippen LogP contribution is -2.46. The average molecular weight is 378 g/mol. The highest BCUT2D eigenvalue weighted by atomic mass is 16.2. The van der Waals surface area contributed by atoms with Gasteiger partial charge < -0.3 is 14.7 Å². The minimum atomic E-state index is 0.0452. The van der Waals surface area contributed by atoms with Gasteiger partial charge in [-0.1, -0.05) is 32.1 Å². The van der Waals surface area contributed by atoms with Gasteiger partial charge in [0.2, 0.25) is 11.8 Å². The van der Waals surface area contributed by atoms with Gasteiger partial charge in [0.1, 0.15) is 0 Å². The van der Waals surface area contributed by atoms with Crippen LogP contribution in [0.5, 0.6) is 0 Å². The van der Waals surface area contributed by atoms with Gasteiger partial charge >= 0.3 is 0 Å². The summed E-state index contributed by atoms with van der Waals surface area (Å²) < 4.78 is 0. The molecule has 5 heteroatoms. The van der Waals surface area contributed by atoms with Crippen LogP contribution in [-0.2, 0) is 9.59 Å². The minimum Gasteiger partial charge on any atom is -0.349 e. The fourth-order valence-corrected chi connectivity index (χ4v) is 5.42. The molecule has 0 aromatic rings. The van der Waals surface area contributed by atoms with Crippen molar-refractivity contribution in [3.05, 3.63) is 0 Å². The van der Waals surface area contributed by atoms with Gasteiger partial charge in [0, 0.05) is 52.0 Å². The van der Waals surface area contributed by atoms with E-state index in [2.05, 4.69) is 4.90 Å². The Hall–Kier alpha value is -1.10. The Kier molecular flexibility index (Phi) is 7.18. The molecule has 5 nitrogen and oxygen atoms in total. The molecule has 1 saturated carbocycles. The van der Waals surface area contributed by atoms with E-state index in [0.29, 0.717) is 18.3 Å². The van der Waals surface area contributed by atoms with Gasteiger partial charge in [-0.2, -0.15) is 0 Å². The molecule has 3 fully saturated rings. The second kappa shape index (κ2) is 9.40. The highest BCUT2D eigenvalue weighted by molar-refractivity contribution is 5.83. The molecule has 1 aliphatic carbocycles. The fourth-order valence-electron chi connectivity index (χ4n) is 5.42. The van der Waals surface area contributed by atoms with Gasteiger partial charge in [0.15, 0.2) is 0 Å². The topological polar surface area (TPSA) is 43.9 Å². The molecule has 2 saturated heterocycles. The summed E-state index contributed by atoms with van der Waals surface area (Å²) in [6.07, 6.45) is 12.9. The molecule has 3 aliphatic rings. The van der Waals surface area contributed by atoms with E-state index in [1.807, 2.05) is 4.90 Å².